The summed E-state index contributed by atoms with van der Waals surface area (Å²) in [5.41, 5.74) is 9.59. The number of fused-ring (bicyclic) bond motifs is 1. The fourth-order valence-electron chi connectivity index (χ4n) is 2.90. The molecular weight excluding hydrogens is 388 g/mol. The number of aliphatic imine (C=N–C) groups is 1. The Morgan fingerprint density at radius 2 is 2.03 bits per heavy atom. The highest BCUT2D eigenvalue weighted by Gasteiger charge is 2.16. The zero-order valence-electron chi connectivity index (χ0n) is 15.6. The molecule has 0 aliphatic rings. The van der Waals surface area contributed by atoms with Crippen LogP contribution in [-0.4, -0.2) is 37.9 Å². The molecule has 0 aliphatic heterocycles. The molecule has 9 heteroatoms. The Kier molecular flexibility index (Phi) is 5.15. The normalized spacial score (nSPS) is 13.0. The number of aromatic nitrogens is 3. The molecular formula is C20H20N6O2S. The molecule has 2 heterocycles. The quantitative estimate of drug-likeness (QED) is 0.247. The minimum atomic E-state index is -0.384. The van der Waals surface area contributed by atoms with Gasteiger partial charge in [0.1, 0.15) is 22.2 Å². The number of benzene rings is 2. The third-order valence-electron chi connectivity index (χ3n) is 4.39. The summed E-state index contributed by atoms with van der Waals surface area (Å²) in [7, 11) is 0. The molecule has 0 spiro atoms. The minimum absolute atomic E-state index is 0.0930. The maximum absolute atomic E-state index is 12.1. The van der Waals surface area contributed by atoms with Gasteiger partial charge in [-0.25, -0.2) is 4.98 Å². The van der Waals surface area contributed by atoms with Crippen LogP contribution in [0.25, 0.3) is 22.4 Å². The van der Waals surface area contributed by atoms with Crippen LogP contribution in [0.5, 0.6) is 0 Å². The number of nitrogens with zero attached hydrogens (tertiary/aromatic N) is 2. The van der Waals surface area contributed by atoms with Gasteiger partial charge in [-0.15, -0.1) is 0 Å². The molecule has 0 bridgehead atoms. The zero-order valence-corrected chi connectivity index (χ0v) is 16.5. The van der Waals surface area contributed by atoms with Gasteiger partial charge in [-0.3, -0.25) is 14.2 Å². The molecule has 0 amide bonds. The van der Waals surface area contributed by atoms with Crippen molar-refractivity contribution in [2.24, 2.45) is 10.7 Å². The van der Waals surface area contributed by atoms with Crippen LogP contribution in [0.15, 0.2) is 58.3 Å². The van der Waals surface area contributed by atoms with E-state index >= 15 is 0 Å². The summed E-state index contributed by atoms with van der Waals surface area (Å²) in [6, 6.07) is 15.2. The van der Waals surface area contributed by atoms with Crippen LogP contribution in [-0.2, 0) is 0 Å². The maximum Gasteiger partial charge on any atom is 0.271 e. The van der Waals surface area contributed by atoms with E-state index in [1.54, 1.807) is 6.92 Å². The average molecular weight is 408 g/mol. The van der Waals surface area contributed by atoms with Crippen molar-refractivity contribution in [3.05, 3.63) is 64.4 Å². The van der Waals surface area contributed by atoms with E-state index in [2.05, 4.69) is 24.7 Å². The molecule has 4 aromatic rings. The Morgan fingerprint density at radius 1 is 1.28 bits per heavy atom. The maximum atomic E-state index is 12.1. The first kappa shape index (κ1) is 18.9. The number of amidine groups is 1. The van der Waals surface area contributed by atoms with E-state index in [-0.39, 0.29) is 29.6 Å². The lowest BCUT2D eigenvalue weighted by molar-refractivity contribution is 0.274. The summed E-state index contributed by atoms with van der Waals surface area (Å²) in [6.07, 6.45) is 0. The summed E-state index contributed by atoms with van der Waals surface area (Å²) in [5.74, 6) is 0.884. The Bertz CT molecular complexity index is 1190. The minimum Gasteiger partial charge on any atom is -0.394 e. The summed E-state index contributed by atoms with van der Waals surface area (Å²) >= 11 is 1.15. The Balaban J connectivity index is 1.58. The lowest BCUT2D eigenvalue weighted by atomic mass is 10.2. The van der Waals surface area contributed by atoms with E-state index < -0.39 is 0 Å². The SMILES string of the molecule is CC(CO)N=C(N)c1c(Nc2ccc(-c3nc4ccccc4[nH]3)cc2)s[nH]c1=O. The number of para-hydroxylation sites is 2. The molecule has 148 valence electrons. The van der Waals surface area contributed by atoms with Crippen molar-refractivity contribution >= 4 is 39.1 Å². The van der Waals surface area contributed by atoms with Crippen LogP contribution in [0.2, 0.25) is 0 Å². The van der Waals surface area contributed by atoms with Gasteiger partial charge in [0.15, 0.2) is 0 Å². The fraction of sp³-hybridized carbons (Fsp3) is 0.150. The average Bonchev–Trinajstić information content (AvgIpc) is 3.32. The number of nitrogens with one attached hydrogen (secondary N) is 3. The van der Waals surface area contributed by atoms with Crippen LogP contribution in [0, 0.1) is 0 Å². The highest BCUT2D eigenvalue weighted by atomic mass is 32.1. The number of aliphatic hydroxyl groups excluding tert-OH is 1. The topological polar surface area (TPSA) is 132 Å². The second kappa shape index (κ2) is 7.90. The molecule has 2 aromatic carbocycles. The van der Waals surface area contributed by atoms with Crippen molar-refractivity contribution in [2.75, 3.05) is 11.9 Å². The number of anilines is 2. The summed E-state index contributed by atoms with van der Waals surface area (Å²) < 4.78 is 2.67. The van der Waals surface area contributed by atoms with Crippen molar-refractivity contribution in [1.29, 1.82) is 0 Å². The number of hydrogen-bond donors (Lipinski definition) is 5. The summed E-state index contributed by atoms with van der Waals surface area (Å²) in [4.78, 5) is 24.2. The second-order valence-electron chi connectivity index (χ2n) is 6.59. The third kappa shape index (κ3) is 3.91. The number of H-pyrrole nitrogens is 2. The van der Waals surface area contributed by atoms with Crippen LogP contribution in [0.4, 0.5) is 10.7 Å². The molecule has 1 atom stereocenters. The Labute approximate surface area is 170 Å². The summed E-state index contributed by atoms with van der Waals surface area (Å²) in [5, 5.41) is 12.9. The van der Waals surface area contributed by atoms with Gasteiger partial charge in [0.05, 0.1) is 23.7 Å². The third-order valence-corrected chi connectivity index (χ3v) is 5.18. The van der Waals surface area contributed by atoms with Crippen LogP contribution in [0.1, 0.15) is 12.5 Å². The van der Waals surface area contributed by atoms with E-state index in [9.17, 15) is 4.79 Å². The van der Waals surface area contributed by atoms with Gasteiger partial charge in [0.2, 0.25) is 0 Å². The van der Waals surface area contributed by atoms with E-state index in [0.29, 0.717) is 5.00 Å². The van der Waals surface area contributed by atoms with Gasteiger partial charge in [0, 0.05) is 11.3 Å². The van der Waals surface area contributed by atoms with Gasteiger partial charge in [-0.1, -0.05) is 12.1 Å². The Morgan fingerprint density at radius 3 is 2.76 bits per heavy atom. The largest absolute Gasteiger partial charge is 0.394 e. The van der Waals surface area contributed by atoms with Crippen LogP contribution < -0.4 is 16.6 Å². The van der Waals surface area contributed by atoms with E-state index in [4.69, 9.17) is 10.8 Å². The molecule has 4 rings (SSSR count). The molecule has 6 N–H and O–H groups in total. The Hall–Kier alpha value is -3.43. The smallest absolute Gasteiger partial charge is 0.271 e. The van der Waals surface area contributed by atoms with E-state index in [0.717, 1.165) is 39.6 Å². The predicted octanol–water partition coefficient (Wildman–Crippen LogP) is 2.81. The van der Waals surface area contributed by atoms with Gasteiger partial charge < -0.3 is 21.1 Å². The van der Waals surface area contributed by atoms with Crippen molar-refractivity contribution in [2.45, 2.75) is 13.0 Å². The first-order valence-corrected chi connectivity index (χ1v) is 9.85. The molecule has 8 nitrogen and oxygen atoms in total. The monoisotopic (exact) mass is 408 g/mol. The van der Waals surface area contributed by atoms with Gasteiger partial charge in [0.25, 0.3) is 5.56 Å². The van der Waals surface area contributed by atoms with Gasteiger partial charge in [-0.05, 0) is 54.9 Å². The first-order valence-electron chi connectivity index (χ1n) is 9.03. The lowest BCUT2D eigenvalue weighted by Gasteiger charge is -2.08. The zero-order chi connectivity index (χ0) is 20.4. The van der Waals surface area contributed by atoms with E-state index in [1.165, 1.54) is 0 Å². The molecule has 0 radical (unpaired) electrons. The number of nitrogens with two attached hydrogens (primary N) is 1. The van der Waals surface area contributed by atoms with Crippen molar-refractivity contribution in [3.8, 4) is 11.4 Å². The van der Waals surface area contributed by atoms with E-state index in [1.807, 2.05) is 48.5 Å². The molecule has 0 saturated carbocycles. The van der Waals surface area contributed by atoms with Crippen LogP contribution >= 0.6 is 11.5 Å². The highest BCUT2D eigenvalue weighted by Crippen LogP contribution is 2.26. The van der Waals surface area contributed by atoms with Crippen LogP contribution in [0.3, 0.4) is 0 Å². The number of imidazole rings is 1. The molecule has 0 fully saturated rings. The van der Waals surface area contributed by atoms with Gasteiger partial charge >= 0.3 is 0 Å². The highest BCUT2D eigenvalue weighted by molar-refractivity contribution is 7.10. The van der Waals surface area contributed by atoms with Crippen molar-refractivity contribution in [3.63, 3.8) is 0 Å². The predicted molar refractivity (Wildman–Crippen MR) is 117 cm³/mol. The number of aliphatic hydroxyl groups is 1. The first-order chi connectivity index (χ1) is 14.0. The number of aromatic amines is 2. The second-order valence-corrected chi connectivity index (χ2v) is 7.40. The number of hydrogen-bond acceptors (Lipinski definition) is 6. The molecule has 0 saturated heterocycles. The standard InChI is InChI=1S/C20H20N6O2S/c1-11(10-27)22-17(21)16-19(28)26-29-20(16)23-13-8-6-12(7-9-13)18-24-14-4-2-3-5-15(14)25-18/h2-9,11,23,27H,10H2,1H3,(H2,21,22)(H,24,25)(H,26,28). The molecule has 1 unspecified atom stereocenters. The fourth-order valence-corrected chi connectivity index (χ4v) is 3.66. The summed E-state index contributed by atoms with van der Waals surface area (Å²) in [6.45, 7) is 1.58. The number of rotatable bonds is 6. The molecule has 2 aromatic heterocycles. The lowest BCUT2D eigenvalue weighted by Crippen LogP contribution is -2.24. The van der Waals surface area contributed by atoms with Crippen molar-refractivity contribution < 1.29 is 5.11 Å². The van der Waals surface area contributed by atoms with Gasteiger partial charge in [-0.2, -0.15) is 0 Å². The molecule has 0 aliphatic carbocycles. The molecule has 29 heavy (non-hydrogen) atoms. The van der Waals surface area contributed by atoms with Crippen molar-refractivity contribution in [1.82, 2.24) is 14.3 Å².